The Balaban J connectivity index is 2.03. The van der Waals surface area contributed by atoms with Gasteiger partial charge in [-0.15, -0.1) is 5.10 Å². The number of aromatic nitrogens is 5. The SMILES string of the molecule is CC[C@H]1O[C@@H](n2nnc3c(=O)[nH]c(NC(=O)C(C)C)nc32)C(=O)[C@@H]1F. The lowest BCUT2D eigenvalue weighted by Crippen LogP contribution is -2.24. The van der Waals surface area contributed by atoms with Gasteiger partial charge in [-0.1, -0.05) is 26.0 Å². The van der Waals surface area contributed by atoms with Crippen molar-refractivity contribution in [2.24, 2.45) is 5.92 Å². The van der Waals surface area contributed by atoms with E-state index in [-0.39, 0.29) is 28.9 Å². The number of fused-ring (bicyclic) bond motifs is 1. The number of H-pyrrole nitrogens is 1. The van der Waals surface area contributed by atoms with Crippen LogP contribution in [0.3, 0.4) is 0 Å². The molecular weight excluding hydrogens is 335 g/mol. The number of carbonyl (C=O) groups is 2. The number of nitrogens with zero attached hydrogens (tertiary/aromatic N) is 4. The van der Waals surface area contributed by atoms with E-state index in [9.17, 15) is 18.8 Å². The molecule has 0 aromatic carbocycles. The number of aromatic amines is 1. The molecule has 2 N–H and O–H groups in total. The first kappa shape index (κ1) is 17.1. The van der Waals surface area contributed by atoms with Crippen molar-refractivity contribution in [2.45, 2.75) is 45.7 Å². The molecule has 3 atom stereocenters. The van der Waals surface area contributed by atoms with Crippen molar-refractivity contribution in [3.8, 4) is 0 Å². The van der Waals surface area contributed by atoms with Crippen LogP contribution in [0.25, 0.3) is 11.2 Å². The van der Waals surface area contributed by atoms with Crippen LogP contribution < -0.4 is 10.9 Å². The minimum Gasteiger partial charge on any atom is -0.342 e. The summed E-state index contributed by atoms with van der Waals surface area (Å²) in [6.45, 7) is 5.04. The van der Waals surface area contributed by atoms with Crippen molar-refractivity contribution in [1.29, 1.82) is 0 Å². The number of rotatable bonds is 4. The normalized spacial score (nSPS) is 23.6. The van der Waals surface area contributed by atoms with Gasteiger partial charge >= 0.3 is 0 Å². The second-order valence-electron chi connectivity index (χ2n) is 6.00. The van der Waals surface area contributed by atoms with Gasteiger partial charge in [-0.2, -0.15) is 9.67 Å². The smallest absolute Gasteiger partial charge is 0.282 e. The zero-order valence-electron chi connectivity index (χ0n) is 13.8. The maximum atomic E-state index is 14.0. The first-order chi connectivity index (χ1) is 11.8. The van der Waals surface area contributed by atoms with E-state index < -0.39 is 29.8 Å². The first-order valence-electron chi connectivity index (χ1n) is 7.82. The van der Waals surface area contributed by atoms with E-state index in [0.717, 1.165) is 4.68 Å². The molecule has 1 fully saturated rings. The number of ether oxygens (including phenoxy) is 1. The Bertz CT molecular complexity index is 891. The summed E-state index contributed by atoms with van der Waals surface area (Å²) in [4.78, 5) is 42.4. The Hall–Kier alpha value is -2.69. The maximum absolute atomic E-state index is 14.0. The van der Waals surface area contributed by atoms with Crippen LogP contribution >= 0.6 is 0 Å². The highest BCUT2D eigenvalue weighted by Gasteiger charge is 2.45. The van der Waals surface area contributed by atoms with Crippen LogP contribution in [0, 0.1) is 5.92 Å². The van der Waals surface area contributed by atoms with Gasteiger partial charge in [-0.25, -0.2) is 4.39 Å². The molecule has 0 radical (unpaired) electrons. The Morgan fingerprint density at radius 2 is 2.16 bits per heavy atom. The summed E-state index contributed by atoms with van der Waals surface area (Å²) >= 11 is 0. The van der Waals surface area contributed by atoms with E-state index in [4.69, 9.17) is 4.74 Å². The summed E-state index contributed by atoms with van der Waals surface area (Å²) in [5.74, 6) is -1.62. The maximum Gasteiger partial charge on any atom is 0.282 e. The van der Waals surface area contributed by atoms with Crippen molar-refractivity contribution >= 4 is 28.8 Å². The van der Waals surface area contributed by atoms with E-state index in [1.165, 1.54) is 0 Å². The Morgan fingerprint density at radius 3 is 2.76 bits per heavy atom. The van der Waals surface area contributed by atoms with Crippen molar-refractivity contribution in [2.75, 3.05) is 5.32 Å². The summed E-state index contributed by atoms with van der Waals surface area (Å²) in [7, 11) is 0. The molecule has 3 heterocycles. The highest BCUT2D eigenvalue weighted by molar-refractivity contribution is 5.91. The lowest BCUT2D eigenvalue weighted by molar-refractivity contribution is -0.129. The number of alkyl halides is 1. The van der Waals surface area contributed by atoms with Gasteiger partial charge in [0.05, 0.1) is 6.10 Å². The topological polar surface area (TPSA) is 132 Å². The molecule has 1 aliphatic rings. The lowest BCUT2D eigenvalue weighted by Gasteiger charge is -2.11. The zero-order chi connectivity index (χ0) is 18.3. The third-order valence-corrected chi connectivity index (χ3v) is 3.87. The van der Waals surface area contributed by atoms with Crippen molar-refractivity contribution < 1.29 is 18.7 Å². The third-order valence-electron chi connectivity index (χ3n) is 3.87. The zero-order valence-corrected chi connectivity index (χ0v) is 13.8. The molecule has 0 aliphatic carbocycles. The van der Waals surface area contributed by atoms with Crippen LogP contribution in [0.5, 0.6) is 0 Å². The highest BCUT2D eigenvalue weighted by atomic mass is 19.1. The number of anilines is 1. The van der Waals surface area contributed by atoms with Crippen LogP contribution in [0.2, 0.25) is 0 Å². The predicted molar refractivity (Wildman–Crippen MR) is 83.5 cm³/mol. The minimum absolute atomic E-state index is 0.0786. The van der Waals surface area contributed by atoms with E-state index >= 15 is 0 Å². The summed E-state index contributed by atoms with van der Waals surface area (Å²) in [5, 5.41) is 9.82. The largest absolute Gasteiger partial charge is 0.342 e. The van der Waals surface area contributed by atoms with E-state index in [2.05, 4.69) is 25.6 Å². The summed E-state index contributed by atoms with van der Waals surface area (Å²) in [6, 6.07) is 0. The fourth-order valence-electron chi connectivity index (χ4n) is 2.42. The monoisotopic (exact) mass is 352 g/mol. The van der Waals surface area contributed by atoms with Crippen LogP contribution in [0.1, 0.15) is 33.4 Å². The highest BCUT2D eigenvalue weighted by Crippen LogP contribution is 2.30. The van der Waals surface area contributed by atoms with E-state index in [0.29, 0.717) is 6.42 Å². The molecular formula is C14H17FN6O4. The standard InChI is InChI=1S/C14H17FN6O4/c1-4-6-7(15)9(22)13(25-6)21-10-8(19-20-21)12(24)18-14(16-10)17-11(23)5(2)3/h5-7,13H,4H2,1-3H3,(H2,16,17,18,23,24)/t6-,7-,13-/m1/s1. The molecule has 134 valence electrons. The number of nitrogens with one attached hydrogen (secondary N) is 2. The molecule has 1 amide bonds. The van der Waals surface area contributed by atoms with Gasteiger partial charge in [0.25, 0.3) is 5.56 Å². The van der Waals surface area contributed by atoms with Gasteiger partial charge < -0.3 is 4.74 Å². The number of hydrogen-bond donors (Lipinski definition) is 2. The summed E-state index contributed by atoms with van der Waals surface area (Å²) < 4.78 is 20.3. The van der Waals surface area contributed by atoms with Crippen LogP contribution in [0.15, 0.2) is 4.79 Å². The van der Waals surface area contributed by atoms with Crippen molar-refractivity contribution in [3.05, 3.63) is 10.4 Å². The number of Topliss-reactive ketones (excluding diaryl/α,β-unsaturated/α-hetero) is 1. The molecule has 1 aliphatic heterocycles. The molecule has 2 aromatic rings. The van der Waals surface area contributed by atoms with E-state index in [1.54, 1.807) is 20.8 Å². The van der Waals surface area contributed by atoms with Gasteiger partial charge in [0.15, 0.2) is 17.3 Å². The van der Waals surface area contributed by atoms with Crippen molar-refractivity contribution in [3.63, 3.8) is 0 Å². The van der Waals surface area contributed by atoms with Gasteiger partial charge in [-0.3, -0.25) is 24.7 Å². The van der Waals surface area contributed by atoms with Gasteiger partial charge in [0.1, 0.15) is 0 Å². The summed E-state index contributed by atoms with van der Waals surface area (Å²) in [5.41, 5.74) is -0.871. The second-order valence-corrected chi connectivity index (χ2v) is 6.00. The Morgan fingerprint density at radius 1 is 1.44 bits per heavy atom. The molecule has 1 saturated heterocycles. The van der Waals surface area contributed by atoms with Gasteiger partial charge in [-0.05, 0) is 6.42 Å². The number of amides is 1. The molecule has 0 spiro atoms. The van der Waals surface area contributed by atoms with E-state index in [1.807, 2.05) is 0 Å². The molecule has 3 rings (SSSR count). The van der Waals surface area contributed by atoms with Crippen LogP contribution in [-0.2, 0) is 14.3 Å². The molecule has 2 aromatic heterocycles. The fourth-order valence-corrected chi connectivity index (χ4v) is 2.42. The third kappa shape index (κ3) is 2.90. The molecule has 25 heavy (non-hydrogen) atoms. The van der Waals surface area contributed by atoms with Crippen LogP contribution in [0.4, 0.5) is 10.3 Å². The Labute approximate surface area is 140 Å². The molecule has 10 nitrogen and oxygen atoms in total. The van der Waals surface area contributed by atoms with Crippen molar-refractivity contribution in [1.82, 2.24) is 25.0 Å². The molecule has 11 heteroatoms. The quantitative estimate of drug-likeness (QED) is 0.810. The second kappa shape index (κ2) is 6.31. The number of halogens is 1. The number of carbonyl (C=O) groups excluding carboxylic acids is 2. The first-order valence-corrected chi connectivity index (χ1v) is 7.82. The van der Waals surface area contributed by atoms with Crippen LogP contribution in [-0.4, -0.2) is 48.9 Å². The number of hydrogen-bond acceptors (Lipinski definition) is 7. The molecule has 0 bridgehead atoms. The minimum atomic E-state index is -1.78. The average Bonchev–Trinajstić information content (AvgIpc) is 3.10. The molecule has 0 saturated carbocycles. The average molecular weight is 352 g/mol. The Kier molecular flexibility index (Phi) is 4.33. The van der Waals surface area contributed by atoms with Gasteiger partial charge in [0, 0.05) is 5.92 Å². The summed E-state index contributed by atoms with van der Waals surface area (Å²) in [6.07, 6.45) is -3.72. The lowest BCUT2D eigenvalue weighted by atomic mass is 10.1. The molecule has 0 unspecified atom stereocenters. The number of ketones is 1. The predicted octanol–water partition coefficient (Wildman–Crippen LogP) is 0.324. The fraction of sp³-hybridized carbons (Fsp3) is 0.571. The van der Waals surface area contributed by atoms with Gasteiger partial charge in [0.2, 0.25) is 23.9 Å².